The number of carbonyl (C=O) groups is 1. The number of alkyl halides is 2. The van der Waals surface area contributed by atoms with Crippen molar-refractivity contribution in [2.45, 2.75) is 26.7 Å². The van der Waals surface area contributed by atoms with Crippen LogP contribution in [-0.2, 0) is 0 Å². The lowest BCUT2D eigenvalue weighted by Crippen LogP contribution is -2.25. The van der Waals surface area contributed by atoms with Crippen molar-refractivity contribution in [3.63, 3.8) is 0 Å². The number of benzene rings is 1. The van der Waals surface area contributed by atoms with E-state index in [9.17, 15) is 13.6 Å². The van der Waals surface area contributed by atoms with Gasteiger partial charge in [0.25, 0.3) is 0 Å². The van der Waals surface area contributed by atoms with Crippen molar-refractivity contribution in [3.05, 3.63) is 33.8 Å². The van der Waals surface area contributed by atoms with Crippen molar-refractivity contribution in [2.75, 3.05) is 0 Å². The Labute approximate surface area is 92.1 Å². The number of halogens is 3. The molecule has 0 amide bonds. The van der Waals surface area contributed by atoms with Crippen LogP contribution in [0, 0.1) is 13.8 Å². The summed E-state index contributed by atoms with van der Waals surface area (Å²) in [6, 6.07) is 2.92. The van der Waals surface area contributed by atoms with E-state index in [0.29, 0.717) is 23.1 Å². The Morgan fingerprint density at radius 1 is 1.27 bits per heavy atom. The maximum Gasteiger partial charge on any atom is 0.307 e. The molecule has 0 bridgehead atoms. The number of Topliss-reactive ketones (excluding diaryl/α,β-unsaturated/α-hetero) is 1. The lowest BCUT2D eigenvalue weighted by atomic mass is 9.99. The molecule has 0 heterocycles. The zero-order valence-electron chi connectivity index (χ0n) is 8.70. The van der Waals surface area contributed by atoms with E-state index in [1.54, 1.807) is 13.8 Å². The second-order valence-corrected chi connectivity index (χ2v) is 4.04. The molecule has 0 aliphatic carbocycles. The molecule has 82 valence electrons. The van der Waals surface area contributed by atoms with Crippen LogP contribution in [0.1, 0.15) is 28.4 Å². The largest absolute Gasteiger partial charge is 0.307 e. The maximum absolute atomic E-state index is 12.8. The van der Waals surface area contributed by atoms with Crippen molar-refractivity contribution in [1.82, 2.24) is 0 Å². The van der Waals surface area contributed by atoms with Gasteiger partial charge in [-0.15, -0.1) is 0 Å². The summed E-state index contributed by atoms with van der Waals surface area (Å²) >= 11 is 5.81. The highest BCUT2D eigenvalue weighted by Gasteiger charge is 2.34. The molecular weight excluding hydrogens is 222 g/mol. The standard InChI is InChI=1S/C11H11ClF2O/c1-6-5-9(12)7(2)4-8(6)10(15)11(3,13)14/h4-5H,1-3H3. The molecule has 0 unspecified atom stereocenters. The van der Waals surface area contributed by atoms with Crippen LogP contribution in [0.25, 0.3) is 0 Å². The molecule has 0 saturated carbocycles. The van der Waals surface area contributed by atoms with Crippen LogP contribution < -0.4 is 0 Å². The fourth-order valence-electron chi connectivity index (χ4n) is 1.26. The van der Waals surface area contributed by atoms with Crippen LogP contribution in [0.4, 0.5) is 8.78 Å². The molecule has 0 saturated heterocycles. The zero-order valence-corrected chi connectivity index (χ0v) is 9.45. The topological polar surface area (TPSA) is 17.1 Å². The number of ketones is 1. The van der Waals surface area contributed by atoms with Gasteiger partial charge in [0.2, 0.25) is 5.78 Å². The van der Waals surface area contributed by atoms with Gasteiger partial charge in [-0.1, -0.05) is 11.6 Å². The Balaban J connectivity index is 3.28. The molecule has 0 aliphatic rings. The summed E-state index contributed by atoms with van der Waals surface area (Å²) < 4.78 is 25.7. The molecule has 0 atom stereocenters. The minimum Gasteiger partial charge on any atom is -0.287 e. The third-order valence-corrected chi connectivity index (χ3v) is 2.56. The molecule has 0 N–H and O–H groups in total. The van der Waals surface area contributed by atoms with Gasteiger partial charge in [-0.25, -0.2) is 0 Å². The summed E-state index contributed by atoms with van der Waals surface area (Å²) in [4.78, 5) is 11.4. The normalized spacial score (nSPS) is 11.6. The molecule has 4 heteroatoms. The monoisotopic (exact) mass is 232 g/mol. The van der Waals surface area contributed by atoms with Gasteiger partial charge >= 0.3 is 5.92 Å². The number of hydrogen-bond donors (Lipinski definition) is 0. The first-order valence-electron chi connectivity index (χ1n) is 4.43. The van der Waals surface area contributed by atoms with Gasteiger partial charge in [-0.3, -0.25) is 4.79 Å². The van der Waals surface area contributed by atoms with E-state index in [0.717, 1.165) is 0 Å². The first kappa shape index (κ1) is 12.1. The van der Waals surface area contributed by atoms with Gasteiger partial charge in [0, 0.05) is 17.5 Å². The van der Waals surface area contributed by atoms with Crippen molar-refractivity contribution < 1.29 is 13.6 Å². The van der Waals surface area contributed by atoms with E-state index >= 15 is 0 Å². The van der Waals surface area contributed by atoms with E-state index < -0.39 is 11.7 Å². The summed E-state index contributed by atoms with van der Waals surface area (Å²) in [6.45, 7) is 3.86. The Bertz CT molecular complexity index is 408. The molecule has 1 aromatic carbocycles. The minimum atomic E-state index is -3.34. The van der Waals surface area contributed by atoms with Crippen LogP contribution in [0.3, 0.4) is 0 Å². The molecule has 1 nitrogen and oxygen atoms in total. The molecular formula is C11H11ClF2O. The van der Waals surface area contributed by atoms with E-state index in [1.165, 1.54) is 12.1 Å². The van der Waals surface area contributed by atoms with Crippen molar-refractivity contribution >= 4 is 17.4 Å². The number of rotatable bonds is 2. The molecule has 1 aromatic rings. The zero-order chi connectivity index (χ0) is 11.8. The summed E-state index contributed by atoms with van der Waals surface area (Å²) in [6.07, 6.45) is 0. The SMILES string of the molecule is Cc1cc(C(=O)C(C)(F)F)c(C)cc1Cl. The molecule has 0 aromatic heterocycles. The van der Waals surface area contributed by atoms with E-state index in [4.69, 9.17) is 11.6 Å². The van der Waals surface area contributed by atoms with Crippen molar-refractivity contribution in [2.24, 2.45) is 0 Å². The van der Waals surface area contributed by atoms with Crippen LogP contribution in [0.15, 0.2) is 12.1 Å². The first-order valence-corrected chi connectivity index (χ1v) is 4.80. The number of carbonyl (C=O) groups excluding carboxylic acids is 1. The lowest BCUT2D eigenvalue weighted by molar-refractivity contribution is 0.0221. The van der Waals surface area contributed by atoms with Gasteiger partial charge in [-0.2, -0.15) is 8.78 Å². The Hall–Kier alpha value is -0.960. The lowest BCUT2D eigenvalue weighted by Gasteiger charge is -2.12. The first-order chi connectivity index (χ1) is 6.73. The minimum absolute atomic E-state index is 0.0319. The van der Waals surface area contributed by atoms with Crippen LogP contribution in [0.5, 0.6) is 0 Å². The van der Waals surface area contributed by atoms with Gasteiger partial charge < -0.3 is 0 Å². The number of hydrogen-bond acceptors (Lipinski definition) is 1. The highest BCUT2D eigenvalue weighted by Crippen LogP contribution is 2.25. The van der Waals surface area contributed by atoms with Crippen LogP contribution in [0.2, 0.25) is 5.02 Å². The highest BCUT2D eigenvalue weighted by atomic mass is 35.5. The van der Waals surface area contributed by atoms with Gasteiger partial charge in [0.05, 0.1) is 0 Å². The van der Waals surface area contributed by atoms with Gasteiger partial charge in [0.15, 0.2) is 0 Å². The van der Waals surface area contributed by atoms with E-state index in [-0.39, 0.29) is 5.56 Å². The van der Waals surface area contributed by atoms with Gasteiger partial charge in [-0.05, 0) is 37.1 Å². The summed E-state index contributed by atoms with van der Waals surface area (Å²) in [5, 5.41) is 0.475. The van der Waals surface area contributed by atoms with Crippen molar-refractivity contribution in [1.29, 1.82) is 0 Å². The van der Waals surface area contributed by atoms with Crippen LogP contribution in [-0.4, -0.2) is 11.7 Å². The van der Waals surface area contributed by atoms with E-state index in [2.05, 4.69) is 0 Å². The predicted octanol–water partition coefficient (Wildman–Crippen LogP) is 3.79. The second-order valence-electron chi connectivity index (χ2n) is 3.63. The van der Waals surface area contributed by atoms with Crippen LogP contribution >= 0.6 is 11.6 Å². The fourth-order valence-corrected chi connectivity index (χ4v) is 1.48. The summed E-state index contributed by atoms with van der Waals surface area (Å²) in [5.74, 6) is -4.51. The smallest absolute Gasteiger partial charge is 0.287 e. The average Bonchev–Trinajstić information content (AvgIpc) is 2.08. The fraction of sp³-hybridized carbons (Fsp3) is 0.364. The maximum atomic E-state index is 12.8. The number of aryl methyl sites for hydroxylation is 2. The summed E-state index contributed by atoms with van der Waals surface area (Å²) in [7, 11) is 0. The molecule has 0 fully saturated rings. The van der Waals surface area contributed by atoms with Gasteiger partial charge in [0.1, 0.15) is 0 Å². The average molecular weight is 233 g/mol. The second kappa shape index (κ2) is 3.89. The Kier molecular flexibility index (Phi) is 3.14. The predicted molar refractivity (Wildman–Crippen MR) is 55.9 cm³/mol. The quantitative estimate of drug-likeness (QED) is 0.709. The molecule has 15 heavy (non-hydrogen) atoms. The molecule has 1 rings (SSSR count). The Morgan fingerprint density at radius 2 is 1.80 bits per heavy atom. The Morgan fingerprint density at radius 3 is 2.27 bits per heavy atom. The van der Waals surface area contributed by atoms with E-state index in [1.807, 2.05) is 0 Å². The molecule has 0 radical (unpaired) electrons. The summed E-state index contributed by atoms with van der Waals surface area (Å²) in [5.41, 5.74) is 1.12. The third-order valence-electron chi connectivity index (χ3n) is 2.15. The molecule has 0 spiro atoms. The third kappa shape index (κ3) is 2.53. The highest BCUT2D eigenvalue weighted by molar-refractivity contribution is 6.31. The van der Waals surface area contributed by atoms with Crippen molar-refractivity contribution in [3.8, 4) is 0 Å². The molecule has 0 aliphatic heterocycles.